The second-order valence-corrected chi connectivity index (χ2v) is 3.42. The smallest absolute Gasteiger partial charge is 0.223 e. The molecule has 0 fully saturated rings. The van der Waals surface area contributed by atoms with Gasteiger partial charge in [-0.15, -0.1) is 0 Å². The van der Waals surface area contributed by atoms with E-state index in [9.17, 15) is 0 Å². The summed E-state index contributed by atoms with van der Waals surface area (Å²) in [6.45, 7) is 2.02. The fourth-order valence-corrected chi connectivity index (χ4v) is 1.27. The first-order chi connectivity index (χ1) is 8.24. The molecule has 0 saturated carbocycles. The molecule has 0 aliphatic heterocycles. The van der Waals surface area contributed by atoms with E-state index < -0.39 is 0 Å². The van der Waals surface area contributed by atoms with Gasteiger partial charge < -0.3 is 15.6 Å². The van der Waals surface area contributed by atoms with Crippen molar-refractivity contribution in [1.29, 1.82) is 0 Å². The molecule has 0 radical (unpaired) electrons. The summed E-state index contributed by atoms with van der Waals surface area (Å²) in [5.74, 6) is 1.35. The van der Waals surface area contributed by atoms with E-state index in [-0.39, 0.29) is 0 Å². The Labute approximate surface area is 98.6 Å². The second kappa shape index (κ2) is 5.11. The van der Waals surface area contributed by atoms with Crippen LogP contribution in [0.1, 0.15) is 11.7 Å². The van der Waals surface area contributed by atoms with Gasteiger partial charge in [-0.1, -0.05) is 23.4 Å². The largest absolute Gasteiger partial charge is 0.370 e. The molecule has 0 bridgehead atoms. The fraction of sp³-hybridized carbons (Fsp3) is 0.182. The lowest BCUT2D eigenvalue weighted by molar-refractivity contribution is 0.387. The molecule has 6 nitrogen and oxygen atoms in total. The van der Waals surface area contributed by atoms with E-state index in [1.54, 1.807) is 6.92 Å². The monoisotopic (exact) mass is 231 g/mol. The summed E-state index contributed by atoms with van der Waals surface area (Å²) in [5, 5.41) is 6.68. The van der Waals surface area contributed by atoms with Crippen LogP contribution in [0.15, 0.2) is 39.8 Å². The molecule has 0 atom stereocenters. The number of aliphatic imine (C=N–C) groups is 1. The van der Waals surface area contributed by atoms with Gasteiger partial charge in [0.15, 0.2) is 11.8 Å². The Kier molecular flexibility index (Phi) is 3.34. The first-order valence-electron chi connectivity index (χ1n) is 5.15. The maximum absolute atomic E-state index is 5.71. The molecule has 1 aromatic carbocycles. The molecule has 3 N–H and O–H groups in total. The standard InChI is InChI=1S/C11H13N5O/c1-8-14-10(16-17-8)7-13-11(12)15-9-5-3-2-4-6-9/h2-6H,7H2,1H3,(H3,12,13,15). The van der Waals surface area contributed by atoms with Crippen molar-refractivity contribution in [3.63, 3.8) is 0 Å². The summed E-state index contributed by atoms with van der Waals surface area (Å²) in [6, 6.07) is 9.57. The van der Waals surface area contributed by atoms with E-state index in [4.69, 9.17) is 10.3 Å². The molecule has 0 aliphatic rings. The van der Waals surface area contributed by atoms with Gasteiger partial charge in [0.1, 0.15) is 6.54 Å². The molecule has 2 aromatic rings. The van der Waals surface area contributed by atoms with Gasteiger partial charge in [0.2, 0.25) is 5.89 Å². The third-order valence-electron chi connectivity index (χ3n) is 2.01. The Morgan fingerprint density at radius 2 is 2.18 bits per heavy atom. The van der Waals surface area contributed by atoms with E-state index in [1.165, 1.54) is 0 Å². The second-order valence-electron chi connectivity index (χ2n) is 3.42. The zero-order valence-corrected chi connectivity index (χ0v) is 9.42. The van der Waals surface area contributed by atoms with Crippen LogP contribution in [0.4, 0.5) is 5.69 Å². The van der Waals surface area contributed by atoms with Crippen molar-refractivity contribution in [3.05, 3.63) is 42.0 Å². The minimum atomic E-state index is 0.295. The molecule has 0 amide bonds. The number of aryl methyl sites for hydroxylation is 1. The molecule has 0 spiro atoms. The van der Waals surface area contributed by atoms with Crippen LogP contribution in [-0.2, 0) is 6.54 Å². The Bertz CT molecular complexity index is 506. The van der Waals surface area contributed by atoms with Crippen molar-refractivity contribution < 1.29 is 4.52 Å². The van der Waals surface area contributed by atoms with E-state index in [0.717, 1.165) is 5.69 Å². The number of aromatic nitrogens is 2. The van der Waals surface area contributed by atoms with Crippen LogP contribution >= 0.6 is 0 Å². The van der Waals surface area contributed by atoms with E-state index >= 15 is 0 Å². The average molecular weight is 231 g/mol. The van der Waals surface area contributed by atoms with Crippen LogP contribution in [0.3, 0.4) is 0 Å². The van der Waals surface area contributed by atoms with E-state index in [1.807, 2.05) is 30.3 Å². The van der Waals surface area contributed by atoms with Gasteiger partial charge in [-0.05, 0) is 12.1 Å². The van der Waals surface area contributed by atoms with Gasteiger partial charge in [0.05, 0.1) is 0 Å². The van der Waals surface area contributed by atoms with Crippen molar-refractivity contribution in [2.75, 3.05) is 5.32 Å². The molecule has 2 rings (SSSR count). The summed E-state index contributed by atoms with van der Waals surface area (Å²) in [7, 11) is 0. The summed E-state index contributed by atoms with van der Waals surface area (Å²) >= 11 is 0. The predicted molar refractivity (Wildman–Crippen MR) is 64.4 cm³/mol. The lowest BCUT2D eigenvalue weighted by Crippen LogP contribution is -2.22. The molecule has 1 aromatic heterocycles. The molecular weight excluding hydrogens is 218 g/mol. The fourth-order valence-electron chi connectivity index (χ4n) is 1.27. The molecule has 88 valence electrons. The van der Waals surface area contributed by atoms with Gasteiger partial charge in [-0.3, -0.25) is 0 Å². The van der Waals surface area contributed by atoms with Crippen LogP contribution in [0.2, 0.25) is 0 Å². The molecule has 17 heavy (non-hydrogen) atoms. The van der Waals surface area contributed by atoms with Gasteiger partial charge >= 0.3 is 0 Å². The molecule has 0 aliphatic carbocycles. The number of para-hydroxylation sites is 1. The van der Waals surface area contributed by atoms with Crippen LogP contribution in [-0.4, -0.2) is 16.1 Å². The highest BCUT2D eigenvalue weighted by molar-refractivity contribution is 5.92. The number of anilines is 1. The van der Waals surface area contributed by atoms with Gasteiger partial charge in [-0.2, -0.15) is 4.98 Å². The van der Waals surface area contributed by atoms with Gasteiger partial charge in [0, 0.05) is 12.6 Å². The Hall–Kier alpha value is -2.37. The molecule has 6 heteroatoms. The van der Waals surface area contributed by atoms with Crippen molar-refractivity contribution in [2.24, 2.45) is 10.7 Å². The minimum Gasteiger partial charge on any atom is -0.370 e. The molecule has 0 unspecified atom stereocenters. The van der Waals surface area contributed by atoms with Crippen molar-refractivity contribution in [3.8, 4) is 0 Å². The number of hydrogen-bond acceptors (Lipinski definition) is 4. The van der Waals surface area contributed by atoms with Crippen LogP contribution in [0, 0.1) is 6.92 Å². The maximum atomic E-state index is 5.71. The number of nitrogens with two attached hydrogens (primary N) is 1. The number of nitrogens with zero attached hydrogens (tertiary/aromatic N) is 3. The number of hydrogen-bond donors (Lipinski definition) is 2. The number of benzene rings is 1. The lowest BCUT2D eigenvalue weighted by Gasteiger charge is -2.03. The first-order valence-corrected chi connectivity index (χ1v) is 5.15. The number of nitrogens with one attached hydrogen (secondary N) is 1. The molecule has 0 saturated heterocycles. The third kappa shape index (κ3) is 3.30. The number of rotatable bonds is 3. The zero-order chi connectivity index (χ0) is 12.1. The van der Waals surface area contributed by atoms with Gasteiger partial charge in [-0.25, -0.2) is 4.99 Å². The Morgan fingerprint density at radius 1 is 1.41 bits per heavy atom. The van der Waals surface area contributed by atoms with E-state index in [2.05, 4.69) is 20.4 Å². The quantitative estimate of drug-likeness (QED) is 0.614. The summed E-state index contributed by atoms with van der Waals surface area (Å²) in [4.78, 5) is 8.12. The summed E-state index contributed by atoms with van der Waals surface area (Å²) in [5.41, 5.74) is 6.60. The topological polar surface area (TPSA) is 89.3 Å². The summed E-state index contributed by atoms with van der Waals surface area (Å²) in [6.07, 6.45) is 0. The zero-order valence-electron chi connectivity index (χ0n) is 9.42. The lowest BCUT2D eigenvalue weighted by atomic mass is 10.3. The summed E-state index contributed by atoms with van der Waals surface area (Å²) < 4.78 is 4.82. The highest BCUT2D eigenvalue weighted by atomic mass is 16.5. The van der Waals surface area contributed by atoms with E-state index in [0.29, 0.717) is 24.2 Å². The highest BCUT2D eigenvalue weighted by Gasteiger charge is 2.00. The Morgan fingerprint density at radius 3 is 2.82 bits per heavy atom. The SMILES string of the molecule is Cc1nc(CN=C(N)Nc2ccccc2)no1. The average Bonchev–Trinajstić information content (AvgIpc) is 2.74. The maximum Gasteiger partial charge on any atom is 0.223 e. The minimum absolute atomic E-state index is 0.295. The molecular formula is C11H13N5O. The van der Waals surface area contributed by atoms with Crippen LogP contribution in [0.25, 0.3) is 0 Å². The van der Waals surface area contributed by atoms with Gasteiger partial charge in [0.25, 0.3) is 0 Å². The molecule has 1 heterocycles. The van der Waals surface area contributed by atoms with Crippen molar-refractivity contribution in [2.45, 2.75) is 13.5 Å². The first kappa shape index (κ1) is 11.1. The van der Waals surface area contributed by atoms with Crippen molar-refractivity contribution in [1.82, 2.24) is 10.1 Å². The number of guanidine groups is 1. The highest BCUT2D eigenvalue weighted by Crippen LogP contribution is 2.04. The predicted octanol–water partition coefficient (Wildman–Crippen LogP) is 1.30. The van der Waals surface area contributed by atoms with Crippen LogP contribution < -0.4 is 11.1 Å². The third-order valence-corrected chi connectivity index (χ3v) is 2.01. The normalized spacial score (nSPS) is 11.5. The van der Waals surface area contributed by atoms with Crippen LogP contribution in [0.5, 0.6) is 0 Å². The van der Waals surface area contributed by atoms with Crippen molar-refractivity contribution >= 4 is 11.6 Å². The Balaban J connectivity index is 1.94.